The molecule has 6 atom stereocenters. The summed E-state index contributed by atoms with van der Waals surface area (Å²) in [6, 6.07) is 3.89. The van der Waals surface area contributed by atoms with Crippen molar-refractivity contribution in [1.29, 1.82) is 0 Å². The van der Waals surface area contributed by atoms with Crippen LogP contribution in [0.5, 0.6) is 0 Å². The Balaban J connectivity index is 1.42. The lowest BCUT2D eigenvalue weighted by Crippen LogP contribution is -2.50. The van der Waals surface area contributed by atoms with Crippen molar-refractivity contribution in [3.63, 3.8) is 0 Å². The van der Waals surface area contributed by atoms with Crippen molar-refractivity contribution in [2.24, 2.45) is 23.2 Å². The molecule has 1 N–H and O–H groups in total. The van der Waals surface area contributed by atoms with E-state index in [0.717, 1.165) is 25.0 Å². The third-order valence-electron chi connectivity index (χ3n) is 7.56. The number of halogens is 2. The first-order valence-corrected chi connectivity index (χ1v) is 11.8. The number of anilines is 1. The number of hydrogen-bond acceptors (Lipinski definition) is 5. The Bertz CT molecular complexity index is 1090. The molecule has 8 heteroatoms. The van der Waals surface area contributed by atoms with Crippen molar-refractivity contribution in [2.45, 2.75) is 52.1 Å². The van der Waals surface area contributed by atoms with E-state index >= 15 is 0 Å². The normalized spacial score (nSPS) is 33.8. The summed E-state index contributed by atoms with van der Waals surface area (Å²) in [5.41, 5.74) is 1.30. The minimum Gasteiger partial charge on any atom is -0.461 e. The number of benzene rings is 1. The Morgan fingerprint density at radius 1 is 1.35 bits per heavy atom. The maximum Gasteiger partial charge on any atom is 0.309 e. The van der Waals surface area contributed by atoms with Gasteiger partial charge >= 0.3 is 5.97 Å². The van der Waals surface area contributed by atoms with Gasteiger partial charge in [0.05, 0.1) is 16.6 Å². The van der Waals surface area contributed by atoms with E-state index in [1.165, 1.54) is 34.4 Å². The summed E-state index contributed by atoms with van der Waals surface area (Å²) in [6.07, 6.45) is 2.85. The number of hydrogen-bond donors (Lipinski definition) is 1. The smallest absolute Gasteiger partial charge is 0.309 e. The second kappa shape index (κ2) is 7.27. The van der Waals surface area contributed by atoms with Crippen molar-refractivity contribution >= 4 is 39.9 Å². The third-order valence-corrected chi connectivity index (χ3v) is 8.84. The molecule has 2 aliphatic carbocycles. The van der Waals surface area contributed by atoms with Crippen LogP contribution >= 0.6 is 22.9 Å². The minimum atomic E-state index is -0.562. The lowest BCUT2D eigenvalue weighted by Gasteiger charge is -2.51. The van der Waals surface area contributed by atoms with Gasteiger partial charge in [-0.2, -0.15) is 0 Å². The molecule has 0 bridgehead atoms. The first kappa shape index (κ1) is 20.9. The standard InChI is InChI=1S/C23H24ClFN2O3S/c1-10-13-6-7-23(3)9-16-18(11(2)17(23)19(13)30-21(10)29)26-22(31-16)27-20(28)12-4-5-15(25)14(24)8-12/h4-5,8,10-11,13,17,19H,6-7,9H2,1-3H3,(H,26,27,28)/t10-,11-,13-,17+,19-,23-/m0/s1. The fourth-order valence-corrected chi connectivity index (χ4v) is 7.38. The molecule has 2 heterocycles. The van der Waals surface area contributed by atoms with Crippen LogP contribution in [-0.4, -0.2) is 23.0 Å². The molecular weight excluding hydrogens is 439 g/mol. The molecule has 5 nitrogen and oxygen atoms in total. The van der Waals surface area contributed by atoms with E-state index < -0.39 is 5.82 Å². The van der Waals surface area contributed by atoms with E-state index in [1.54, 1.807) is 0 Å². The SMILES string of the molecule is C[C@@H]1C(=O)O[C@H]2[C@H]1CC[C@@]1(C)Cc3sc(NC(=O)c4ccc(F)c(Cl)c4)nc3[C@@H](C)[C@H]21. The highest BCUT2D eigenvalue weighted by Crippen LogP contribution is 2.59. The summed E-state index contributed by atoms with van der Waals surface area (Å²) in [5.74, 6) is -0.445. The fourth-order valence-electron chi connectivity index (χ4n) is 5.94. The summed E-state index contributed by atoms with van der Waals surface area (Å²) in [7, 11) is 0. The monoisotopic (exact) mass is 462 g/mol. The Labute approximate surface area is 189 Å². The van der Waals surface area contributed by atoms with Gasteiger partial charge in [0.15, 0.2) is 5.13 Å². The minimum absolute atomic E-state index is 0.0379. The van der Waals surface area contributed by atoms with Gasteiger partial charge < -0.3 is 4.74 Å². The van der Waals surface area contributed by atoms with Gasteiger partial charge in [-0.05, 0) is 42.9 Å². The van der Waals surface area contributed by atoms with Gasteiger partial charge in [-0.3, -0.25) is 14.9 Å². The van der Waals surface area contributed by atoms with E-state index in [9.17, 15) is 14.0 Å². The molecule has 3 aliphatic rings. The van der Waals surface area contributed by atoms with E-state index in [2.05, 4.69) is 19.2 Å². The van der Waals surface area contributed by atoms with Gasteiger partial charge in [-0.25, -0.2) is 9.37 Å². The molecule has 31 heavy (non-hydrogen) atoms. The highest BCUT2D eigenvalue weighted by molar-refractivity contribution is 7.15. The molecule has 5 rings (SSSR count). The van der Waals surface area contributed by atoms with Gasteiger partial charge in [0.25, 0.3) is 5.91 Å². The first-order valence-electron chi connectivity index (χ1n) is 10.6. The number of rotatable bonds is 2. The number of nitrogens with zero attached hydrogens (tertiary/aromatic N) is 1. The predicted molar refractivity (Wildman–Crippen MR) is 117 cm³/mol. The average Bonchev–Trinajstić information content (AvgIpc) is 3.23. The van der Waals surface area contributed by atoms with Crippen molar-refractivity contribution < 1.29 is 18.7 Å². The van der Waals surface area contributed by atoms with Crippen LogP contribution in [0.3, 0.4) is 0 Å². The van der Waals surface area contributed by atoms with E-state index in [1.807, 2.05) is 6.92 Å². The second-order valence-electron chi connectivity index (χ2n) is 9.45. The summed E-state index contributed by atoms with van der Waals surface area (Å²) < 4.78 is 19.3. The van der Waals surface area contributed by atoms with Crippen molar-refractivity contribution in [3.8, 4) is 0 Å². The van der Waals surface area contributed by atoms with Gasteiger partial charge in [-0.15, -0.1) is 11.3 Å². The maximum atomic E-state index is 13.4. The number of nitrogens with one attached hydrogen (secondary N) is 1. The number of carbonyl (C=O) groups excluding carboxylic acids is 2. The van der Waals surface area contributed by atoms with Crippen LogP contribution in [0.2, 0.25) is 5.02 Å². The maximum absolute atomic E-state index is 13.4. The number of ether oxygens (including phenoxy) is 1. The van der Waals surface area contributed by atoms with Gasteiger partial charge in [0.2, 0.25) is 0 Å². The Morgan fingerprint density at radius 2 is 2.13 bits per heavy atom. The summed E-state index contributed by atoms with van der Waals surface area (Å²) in [4.78, 5) is 30.8. The van der Waals surface area contributed by atoms with Crippen LogP contribution in [0.25, 0.3) is 0 Å². The van der Waals surface area contributed by atoms with Gasteiger partial charge in [0.1, 0.15) is 11.9 Å². The van der Waals surface area contributed by atoms with Crippen LogP contribution in [-0.2, 0) is 16.0 Å². The predicted octanol–water partition coefficient (Wildman–Crippen LogP) is 5.44. The molecule has 2 aromatic rings. The molecule has 1 saturated carbocycles. The van der Waals surface area contributed by atoms with E-state index in [4.69, 9.17) is 21.3 Å². The first-order chi connectivity index (χ1) is 14.7. The number of amides is 1. The molecule has 0 spiro atoms. The van der Waals surface area contributed by atoms with Crippen molar-refractivity contribution in [3.05, 3.63) is 45.2 Å². The van der Waals surface area contributed by atoms with Crippen LogP contribution < -0.4 is 5.32 Å². The second-order valence-corrected chi connectivity index (χ2v) is 10.9. The topological polar surface area (TPSA) is 68.3 Å². The van der Waals surface area contributed by atoms with E-state index in [-0.39, 0.29) is 57.7 Å². The highest BCUT2D eigenvalue weighted by atomic mass is 35.5. The molecule has 1 saturated heterocycles. The largest absolute Gasteiger partial charge is 0.461 e. The number of fused-ring (bicyclic) bond motifs is 4. The molecular formula is C23H24ClFN2O3S. The van der Waals surface area contributed by atoms with Crippen LogP contribution in [0.15, 0.2) is 18.2 Å². The molecule has 0 unspecified atom stereocenters. The van der Waals surface area contributed by atoms with Crippen molar-refractivity contribution in [2.75, 3.05) is 5.32 Å². The molecule has 2 fully saturated rings. The number of aromatic nitrogens is 1. The number of carbonyl (C=O) groups is 2. The highest BCUT2D eigenvalue weighted by Gasteiger charge is 2.58. The molecule has 1 aliphatic heterocycles. The van der Waals surface area contributed by atoms with Crippen LogP contribution in [0.1, 0.15) is 60.5 Å². The zero-order valence-electron chi connectivity index (χ0n) is 17.6. The van der Waals surface area contributed by atoms with Gasteiger partial charge in [-0.1, -0.05) is 32.4 Å². The van der Waals surface area contributed by atoms with Gasteiger partial charge in [0, 0.05) is 28.2 Å². The zero-order chi connectivity index (χ0) is 22.1. The third kappa shape index (κ3) is 3.28. The molecule has 0 radical (unpaired) electrons. The lowest BCUT2D eigenvalue weighted by molar-refractivity contribution is -0.149. The quantitative estimate of drug-likeness (QED) is 0.603. The number of thiazole rings is 1. The summed E-state index contributed by atoms with van der Waals surface area (Å²) in [6.45, 7) is 6.43. The molecule has 164 valence electrons. The van der Waals surface area contributed by atoms with Crippen LogP contribution in [0.4, 0.5) is 9.52 Å². The number of esters is 1. The zero-order valence-corrected chi connectivity index (χ0v) is 19.1. The fraction of sp³-hybridized carbons (Fsp3) is 0.522. The van der Waals surface area contributed by atoms with Crippen LogP contribution in [0, 0.1) is 29.0 Å². The Kier molecular flexibility index (Phi) is 4.90. The average molecular weight is 463 g/mol. The lowest BCUT2D eigenvalue weighted by atomic mass is 9.54. The summed E-state index contributed by atoms with van der Waals surface area (Å²) >= 11 is 7.30. The van der Waals surface area contributed by atoms with E-state index in [0.29, 0.717) is 5.13 Å². The molecule has 1 amide bonds. The summed E-state index contributed by atoms with van der Waals surface area (Å²) in [5, 5.41) is 3.27. The Hall–Kier alpha value is -1.99. The molecule has 1 aromatic heterocycles. The molecule has 1 aromatic carbocycles. The van der Waals surface area contributed by atoms with Crippen molar-refractivity contribution in [1.82, 2.24) is 4.98 Å². The Morgan fingerprint density at radius 3 is 2.87 bits per heavy atom.